The molecule has 2 unspecified atom stereocenters. The second-order valence-corrected chi connectivity index (χ2v) is 10.8. The molecular weight excluding hydrogens is 462 g/mol. The SMILES string of the molecule is Cc1ccccc1NC(=O)Nc1ccc(CCC(C)(C)CCC2CC(c3cccnc3)CC(=O)O2)cc1. The fraction of sp³-hybridized carbons (Fsp3) is 0.387. The summed E-state index contributed by atoms with van der Waals surface area (Å²) in [6, 6.07) is 19.5. The Labute approximate surface area is 219 Å². The third-order valence-corrected chi connectivity index (χ3v) is 7.25. The first-order chi connectivity index (χ1) is 17.8. The third kappa shape index (κ3) is 7.91. The van der Waals surface area contributed by atoms with Crippen molar-refractivity contribution in [3.05, 3.63) is 89.7 Å². The molecule has 2 amide bonds. The highest BCUT2D eigenvalue weighted by molar-refractivity contribution is 6.00. The molecule has 6 nitrogen and oxygen atoms in total. The van der Waals surface area contributed by atoms with Crippen molar-refractivity contribution in [2.45, 2.75) is 71.3 Å². The number of pyridine rings is 1. The van der Waals surface area contributed by atoms with E-state index in [0.717, 1.165) is 54.6 Å². The number of carbonyl (C=O) groups excluding carboxylic acids is 2. The van der Waals surface area contributed by atoms with E-state index in [4.69, 9.17) is 4.74 Å². The average molecular weight is 500 g/mol. The molecule has 1 aromatic heterocycles. The number of nitrogens with zero attached hydrogens (tertiary/aromatic N) is 1. The lowest BCUT2D eigenvalue weighted by atomic mass is 9.79. The Kier molecular flexibility index (Phi) is 8.59. The molecule has 1 aliphatic rings. The van der Waals surface area contributed by atoms with E-state index in [2.05, 4.69) is 47.7 Å². The van der Waals surface area contributed by atoms with Crippen molar-refractivity contribution in [1.29, 1.82) is 0 Å². The van der Waals surface area contributed by atoms with Crippen molar-refractivity contribution >= 4 is 23.4 Å². The molecule has 1 fully saturated rings. The molecular formula is C31H37N3O3. The normalized spacial score (nSPS) is 17.6. The maximum Gasteiger partial charge on any atom is 0.323 e. The van der Waals surface area contributed by atoms with Gasteiger partial charge in [-0.25, -0.2) is 4.79 Å². The third-order valence-electron chi connectivity index (χ3n) is 7.25. The van der Waals surface area contributed by atoms with E-state index in [1.165, 1.54) is 5.56 Å². The zero-order chi connectivity index (χ0) is 26.3. The number of carbonyl (C=O) groups is 2. The van der Waals surface area contributed by atoms with E-state index < -0.39 is 0 Å². The topological polar surface area (TPSA) is 80.3 Å². The van der Waals surface area contributed by atoms with Gasteiger partial charge in [0, 0.05) is 23.8 Å². The number of urea groups is 1. The van der Waals surface area contributed by atoms with Crippen molar-refractivity contribution in [3.63, 3.8) is 0 Å². The Morgan fingerprint density at radius 2 is 1.81 bits per heavy atom. The quantitative estimate of drug-likeness (QED) is 0.304. The molecule has 2 aromatic carbocycles. The smallest absolute Gasteiger partial charge is 0.323 e. The fourth-order valence-corrected chi connectivity index (χ4v) is 4.84. The van der Waals surface area contributed by atoms with Gasteiger partial charge >= 0.3 is 12.0 Å². The number of amides is 2. The number of rotatable bonds is 9. The van der Waals surface area contributed by atoms with E-state index in [9.17, 15) is 9.59 Å². The molecule has 37 heavy (non-hydrogen) atoms. The van der Waals surface area contributed by atoms with Crippen molar-refractivity contribution in [2.24, 2.45) is 5.41 Å². The molecule has 2 N–H and O–H groups in total. The molecule has 0 bridgehead atoms. The zero-order valence-electron chi connectivity index (χ0n) is 22.0. The van der Waals surface area contributed by atoms with Crippen LogP contribution < -0.4 is 10.6 Å². The van der Waals surface area contributed by atoms with E-state index in [1.54, 1.807) is 6.20 Å². The molecule has 1 aliphatic heterocycles. The van der Waals surface area contributed by atoms with E-state index >= 15 is 0 Å². The minimum absolute atomic E-state index is 0.0399. The van der Waals surface area contributed by atoms with Crippen molar-refractivity contribution in [2.75, 3.05) is 10.6 Å². The first-order valence-electron chi connectivity index (χ1n) is 13.1. The van der Waals surface area contributed by atoms with Gasteiger partial charge in [-0.05, 0) is 91.3 Å². The largest absolute Gasteiger partial charge is 0.462 e. The van der Waals surface area contributed by atoms with Gasteiger partial charge in [0.15, 0.2) is 0 Å². The van der Waals surface area contributed by atoms with Crippen molar-refractivity contribution in [1.82, 2.24) is 4.98 Å². The number of ether oxygens (including phenoxy) is 1. The number of esters is 1. The molecule has 4 rings (SSSR count). The van der Waals surface area contributed by atoms with Crippen LogP contribution in [0.5, 0.6) is 0 Å². The summed E-state index contributed by atoms with van der Waals surface area (Å²) in [5.74, 6) is 0.0816. The fourth-order valence-electron chi connectivity index (χ4n) is 4.84. The van der Waals surface area contributed by atoms with Crippen LogP contribution in [-0.4, -0.2) is 23.1 Å². The van der Waals surface area contributed by atoms with Crippen LogP contribution >= 0.6 is 0 Å². The number of hydrogen-bond acceptors (Lipinski definition) is 4. The summed E-state index contributed by atoms with van der Waals surface area (Å²) in [5, 5.41) is 5.79. The first-order valence-corrected chi connectivity index (χ1v) is 13.1. The Morgan fingerprint density at radius 3 is 2.54 bits per heavy atom. The Balaban J connectivity index is 1.23. The van der Waals surface area contributed by atoms with E-state index in [-0.39, 0.29) is 29.4 Å². The van der Waals surface area contributed by atoms with Gasteiger partial charge in [0.1, 0.15) is 6.10 Å². The number of hydrogen-bond donors (Lipinski definition) is 2. The van der Waals surface area contributed by atoms with E-state index in [0.29, 0.717) is 6.42 Å². The van der Waals surface area contributed by atoms with Crippen LogP contribution in [0.15, 0.2) is 73.1 Å². The molecule has 194 valence electrons. The highest BCUT2D eigenvalue weighted by atomic mass is 16.5. The van der Waals surface area contributed by atoms with Crippen molar-refractivity contribution in [3.8, 4) is 0 Å². The van der Waals surface area contributed by atoms with Crippen molar-refractivity contribution < 1.29 is 14.3 Å². The number of cyclic esters (lactones) is 1. The molecule has 6 heteroatoms. The molecule has 2 atom stereocenters. The lowest BCUT2D eigenvalue weighted by molar-refractivity contribution is -0.155. The van der Waals surface area contributed by atoms with Crippen LogP contribution in [0.25, 0.3) is 0 Å². The highest BCUT2D eigenvalue weighted by Gasteiger charge is 2.31. The van der Waals surface area contributed by atoms with Gasteiger partial charge in [0.05, 0.1) is 6.42 Å². The second kappa shape index (κ2) is 12.0. The zero-order valence-corrected chi connectivity index (χ0v) is 22.0. The summed E-state index contributed by atoms with van der Waals surface area (Å²) in [6.07, 6.45) is 8.72. The molecule has 2 heterocycles. The summed E-state index contributed by atoms with van der Waals surface area (Å²) in [6.45, 7) is 6.52. The van der Waals surface area contributed by atoms with Gasteiger partial charge < -0.3 is 15.4 Å². The minimum atomic E-state index is -0.252. The monoisotopic (exact) mass is 499 g/mol. The van der Waals surface area contributed by atoms with Crippen LogP contribution in [0.3, 0.4) is 0 Å². The second-order valence-electron chi connectivity index (χ2n) is 10.8. The average Bonchev–Trinajstić information content (AvgIpc) is 2.89. The highest BCUT2D eigenvalue weighted by Crippen LogP contribution is 2.35. The summed E-state index contributed by atoms with van der Waals surface area (Å²) in [7, 11) is 0. The molecule has 0 saturated carbocycles. The predicted molar refractivity (Wildman–Crippen MR) is 148 cm³/mol. The number of nitrogens with one attached hydrogen (secondary N) is 2. The summed E-state index contributed by atoms with van der Waals surface area (Å²) in [4.78, 5) is 28.8. The lowest BCUT2D eigenvalue weighted by Crippen LogP contribution is -2.30. The van der Waals surface area contributed by atoms with Gasteiger partial charge in [-0.15, -0.1) is 0 Å². The molecule has 0 aliphatic carbocycles. The Bertz CT molecular complexity index is 1190. The van der Waals surface area contributed by atoms with Crippen LogP contribution in [0.2, 0.25) is 0 Å². The van der Waals surface area contributed by atoms with Gasteiger partial charge in [-0.1, -0.05) is 50.2 Å². The number of aromatic nitrogens is 1. The predicted octanol–water partition coefficient (Wildman–Crippen LogP) is 7.26. The Morgan fingerprint density at radius 1 is 1.03 bits per heavy atom. The number of benzene rings is 2. The number of aryl methyl sites for hydroxylation is 2. The summed E-state index contributed by atoms with van der Waals surface area (Å²) >= 11 is 0. The molecule has 1 saturated heterocycles. The molecule has 0 radical (unpaired) electrons. The first kappa shape index (κ1) is 26.4. The number of para-hydroxylation sites is 1. The van der Waals surface area contributed by atoms with Gasteiger partial charge in [-0.3, -0.25) is 9.78 Å². The maximum absolute atomic E-state index is 12.3. The van der Waals surface area contributed by atoms with Gasteiger partial charge in [0.2, 0.25) is 0 Å². The maximum atomic E-state index is 12.3. The minimum Gasteiger partial charge on any atom is -0.462 e. The summed E-state index contributed by atoms with van der Waals surface area (Å²) in [5.41, 5.74) is 5.06. The van der Waals surface area contributed by atoms with Crippen LogP contribution in [0.1, 0.15) is 68.6 Å². The molecule has 0 spiro atoms. The van der Waals surface area contributed by atoms with E-state index in [1.807, 2.05) is 55.6 Å². The van der Waals surface area contributed by atoms with Crippen LogP contribution in [0, 0.1) is 12.3 Å². The standard InChI is InChI=1S/C31H37N3O3/c1-22-7-4-5-9-28(22)34-30(36)33-26-12-10-23(11-13-26)14-16-31(2,3)17-15-27-19-25(20-29(35)37-27)24-8-6-18-32-21-24/h4-13,18,21,25,27H,14-17,19-20H2,1-3H3,(H2,33,34,36). The summed E-state index contributed by atoms with van der Waals surface area (Å²) < 4.78 is 5.69. The van der Waals surface area contributed by atoms with Crippen LogP contribution in [0.4, 0.5) is 16.2 Å². The lowest BCUT2D eigenvalue weighted by Gasteiger charge is -2.32. The van der Waals surface area contributed by atoms with Crippen LogP contribution in [-0.2, 0) is 16.0 Å². The van der Waals surface area contributed by atoms with Gasteiger partial charge in [0.25, 0.3) is 0 Å². The Hall–Kier alpha value is -3.67. The molecule has 3 aromatic rings. The number of anilines is 2. The van der Waals surface area contributed by atoms with Gasteiger partial charge in [-0.2, -0.15) is 0 Å².